The van der Waals surface area contributed by atoms with E-state index in [0.29, 0.717) is 17.9 Å². The summed E-state index contributed by atoms with van der Waals surface area (Å²) < 4.78 is 0. The molecule has 0 atom stereocenters. The summed E-state index contributed by atoms with van der Waals surface area (Å²) in [5.41, 5.74) is 8.27. The molecule has 0 saturated heterocycles. The van der Waals surface area contributed by atoms with Crippen molar-refractivity contribution < 1.29 is 0 Å². The number of anilines is 1. The van der Waals surface area contributed by atoms with Crippen molar-refractivity contribution in [2.45, 2.75) is 50.0 Å². The Morgan fingerprint density at radius 3 is 2.50 bits per heavy atom. The van der Waals surface area contributed by atoms with E-state index in [1.165, 1.54) is 18.5 Å². The third-order valence-corrected chi connectivity index (χ3v) is 5.11. The van der Waals surface area contributed by atoms with E-state index in [-0.39, 0.29) is 24.8 Å². The predicted octanol–water partition coefficient (Wildman–Crippen LogP) is 3.48. The molecule has 7 heteroatoms. The summed E-state index contributed by atoms with van der Waals surface area (Å²) in [7, 11) is 2.11. The Bertz CT molecular complexity index is 702. The van der Waals surface area contributed by atoms with Gasteiger partial charge in [0.2, 0.25) is 0 Å². The molecule has 2 saturated carbocycles. The van der Waals surface area contributed by atoms with Crippen molar-refractivity contribution in [3.05, 3.63) is 47.7 Å². The summed E-state index contributed by atoms with van der Waals surface area (Å²) in [4.78, 5) is 16.3. The number of nitrogens with two attached hydrogens (primary N) is 1. The van der Waals surface area contributed by atoms with Gasteiger partial charge in [-0.15, -0.1) is 24.8 Å². The molecule has 0 radical (unpaired) electrons. The van der Waals surface area contributed by atoms with Crippen molar-refractivity contribution in [3.63, 3.8) is 0 Å². The van der Waals surface area contributed by atoms with E-state index in [2.05, 4.69) is 29.1 Å². The molecule has 2 aliphatic carbocycles. The van der Waals surface area contributed by atoms with Crippen molar-refractivity contribution in [3.8, 4) is 0 Å². The van der Waals surface area contributed by atoms with E-state index < -0.39 is 0 Å². The zero-order valence-electron chi connectivity index (χ0n) is 15.0. The molecule has 0 unspecified atom stereocenters. The zero-order chi connectivity index (χ0) is 16.5. The second-order valence-corrected chi connectivity index (χ2v) is 7.20. The topological polar surface area (TPSA) is 67.9 Å². The van der Waals surface area contributed by atoms with Gasteiger partial charge in [0.25, 0.3) is 0 Å². The van der Waals surface area contributed by atoms with Crippen LogP contribution in [0.2, 0.25) is 0 Å². The first-order valence-electron chi connectivity index (χ1n) is 8.94. The Kier molecular flexibility index (Phi) is 7.21. The number of likely N-dealkylation sites (N-methyl/N-ethyl adjacent to an activating group) is 1. The Balaban J connectivity index is 0.00000121. The molecule has 0 aromatic carbocycles. The third-order valence-electron chi connectivity index (χ3n) is 5.11. The van der Waals surface area contributed by atoms with Crippen LogP contribution in [0.3, 0.4) is 0 Å². The van der Waals surface area contributed by atoms with Crippen LogP contribution >= 0.6 is 24.8 Å². The van der Waals surface area contributed by atoms with Crippen LogP contribution in [-0.4, -0.2) is 34.6 Å². The smallest absolute Gasteiger partial charge is 0.134 e. The highest BCUT2D eigenvalue weighted by atomic mass is 35.5. The van der Waals surface area contributed by atoms with E-state index in [1.807, 2.05) is 18.3 Å². The standard InChI is InChI=1S/C19H25N5.2ClH/c1-24(9-7-16-4-2-3-8-21-16)18-12-17(14-10-15(20)11-14)22-19(23-18)13-5-6-13;;/h2-4,8,12-15H,5-7,9-11,20H2,1H3;2*1H. The average molecular weight is 396 g/mol. The van der Waals surface area contributed by atoms with Crippen molar-refractivity contribution in [1.29, 1.82) is 0 Å². The molecule has 0 spiro atoms. The number of hydrogen-bond donors (Lipinski definition) is 1. The molecule has 26 heavy (non-hydrogen) atoms. The van der Waals surface area contributed by atoms with E-state index >= 15 is 0 Å². The van der Waals surface area contributed by atoms with Crippen molar-refractivity contribution >= 4 is 30.6 Å². The van der Waals surface area contributed by atoms with Crippen molar-refractivity contribution in [2.75, 3.05) is 18.5 Å². The number of hydrogen-bond acceptors (Lipinski definition) is 5. The van der Waals surface area contributed by atoms with Gasteiger partial charge in [-0.1, -0.05) is 6.07 Å². The van der Waals surface area contributed by atoms with Gasteiger partial charge >= 0.3 is 0 Å². The SMILES string of the molecule is CN(CCc1ccccn1)c1cc(C2CC(N)C2)nc(C2CC2)n1.Cl.Cl. The average Bonchev–Trinajstić information content (AvgIpc) is 3.42. The maximum absolute atomic E-state index is 5.97. The summed E-state index contributed by atoms with van der Waals surface area (Å²) in [5, 5.41) is 0. The van der Waals surface area contributed by atoms with E-state index in [9.17, 15) is 0 Å². The molecule has 0 bridgehead atoms. The second-order valence-electron chi connectivity index (χ2n) is 7.20. The summed E-state index contributed by atoms with van der Waals surface area (Å²) in [6, 6.07) is 8.58. The molecule has 2 N–H and O–H groups in total. The van der Waals surface area contributed by atoms with Crippen molar-refractivity contribution in [2.24, 2.45) is 5.73 Å². The monoisotopic (exact) mass is 395 g/mol. The van der Waals surface area contributed by atoms with Gasteiger partial charge in [-0.05, 0) is 37.8 Å². The molecule has 2 heterocycles. The first-order chi connectivity index (χ1) is 11.7. The maximum atomic E-state index is 5.97. The maximum Gasteiger partial charge on any atom is 0.134 e. The summed E-state index contributed by atoms with van der Waals surface area (Å²) in [6.45, 7) is 0.905. The lowest BCUT2D eigenvalue weighted by molar-refractivity contribution is 0.344. The quantitative estimate of drug-likeness (QED) is 0.810. The van der Waals surface area contributed by atoms with E-state index in [1.54, 1.807) is 0 Å². The highest BCUT2D eigenvalue weighted by Crippen LogP contribution is 2.41. The van der Waals surface area contributed by atoms with Gasteiger partial charge in [0.05, 0.1) is 0 Å². The van der Waals surface area contributed by atoms with Crippen LogP contribution in [0.4, 0.5) is 5.82 Å². The molecule has 0 aliphatic heterocycles. The third kappa shape index (κ3) is 4.84. The van der Waals surface area contributed by atoms with Gasteiger partial charge in [0.1, 0.15) is 11.6 Å². The lowest BCUT2D eigenvalue weighted by atomic mass is 9.78. The predicted molar refractivity (Wildman–Crippen MR) is 110 cm³/mol. The number of nitrogens with zero attached hydrogens (tertiary/aromatic N) is 4. The molecule has 2 aromatic heterocycles. The van der Waals surface area contributed by atoms with Crippen LogP contribution in [0, 0.1) is 0 Å². The minimum Gasteiger partial charge on any atom is -0.359 e. The fourth-order valence-electron chi connectivity index (χ4n) is 3.25. The largest absolute Gasteiger partial charge is 0.359 e. The molecular weight excluding hydrogens is 369 g/mol. The van der Waals surface area contributed by atoms with Gasteiger partial charge in [0, 0.05) is 61.5 Å². The Labute approximate surface area is 167 Å². The highest BCUT2D eigenvalue weighted by Gasteiger charge is 2.32. The Hall–Kier alpha value is -1.43. The first kappa shape index (κ1) is 20.9. The van der Waals surface area contributed by atoms with Gasteiger partial charge < -0.3 is 10.6 Å². The normalized spacial score (nSPS) is 21.2. The highest BCUT2D eigenvalue weighted by molar-refractivity contribution is 5.85. The molecular formula is C19H27Cl2N5. The second kappa shape index (κ2) is 8.98. The van der Waals surface area contributed by atoms with Crippen LogP contribution < -0.4 is 10.6 Å². The minimum atomic E-state index is 0. The van der Waals surface area contributed by atoms with Crippen LogP contribution in [0.1, 0.15) is 54.7 Å². The number of rotatable bonds is 6. The first-order valence-corrected chi connectivity index (χ1v) is 8.94. The van der Waals surface area contributed by atoms with Crippen molar-refractivity contribution in [1.82, 2.24) is 15.0 Å². The van der Waals surface area contributed by atoms with Crippen LogP contribution in [0.5, 0.6) is 0 Å². The fourth-order valence-corrected chi connectivity index (χ4v) is 3.25. The summed E-state index contributed by atoms with van der Waals surface area (Å²) >= 11 is 0. The van der Waals surface area contributed by atoms with Gasteiger partial charge in [-0.3, -0.25) is 4.98 Å². The Morgan fingerprint density at radius 1 is 1.12 bits per heavy atom. The lowest BCUT2D eigenvalue weighted by Gasteiger charge is -2.32. The van der Waals surface area contributed by atoms with Gasteiger partial charge in [-0.25, -0.2) is 9.97 Å². The molecule has 142 valence electrons. The summed E-state index contributed by atoms with van der Waals surface area (Å²) in [5.74, 6) is 3.16. The Morgan fingerprint density at radius 2 is 1.88 bits per heavy atom. The fraction of sp³-hybridized carbons (Fsp3) is 0.526. The zero-order valence-corrected chi connectivity index (χ0v) is 16.7. The van der Waals surface area contributed by atoms with Crippen LogP contribution in [0.15, 0.2) is 30.5 Å². The number of halogens is 2. The number of aromatic nitrogens is 3. The van der Waals surface area contributed by atoms with Gasteiger partial charge in [0.15, 0.2) is 0 Å². The molecule has 4 rings (SSSR count). The van der Waals surface area contributed by atoms with E-state index in [4.69, 9.17) is 15.7 Å². The van der Waals surface area contributed by atoms with E-state index in [0.717, 1.165) is 43.1 Å². The molecule has 2 aliphatic rings. The lowest BCUT2D eigenvalue weighted by Crippen LogP contribution is -2.35. The number of pyridine rings is 1. The van der Waals surface area contributed by atoms with Crippen LogP contribution in [0.25, 0.3) is 0 Å². The molecule has 0 amide bonds. The molecule has 2 aromatic rings. The summed E-state index contributed by atoms with van der Waals surface area (Å²) in [6.07, 6.45) is 7.33. The van der Waals surface area contributed by atoms with Gasteiger partial charge in [-0.2, -0.15) is 0 Å². The minimum absolute atomic E-state index is 0. The molecule has 2 fully saturated rings. The molecule has 5 nitrogen and oxygen atoms in total. The van der Waals surface area contributed by atoms with Crippen LogP contribution in [-0.2, 0) is 6.42 Å².